The Morgan fingerprint density at radius 1 is 1.09 bits per heavy atom. The summed E-state index contributed by atoms with van der Waals surface area (Å²) in [6, 6.07) is 6.57. The first-order valence-electron chi connectivity index (χ1n) is 8.33. The first-order chi connectivity index (χ1) is 10.2. The summed E-state index contributed by atoms with van der Waals surface area (Å²) < 4.78 is 0. The summed E-state index contributed by atoms with van der Waals surface area (Å²) in [5.74, 6) is 0.123. The molecule has 1 saturated carbocycles. The van der Waals surface area contributed by atoms with E-state index in [4.69, 9.17) is 5.73 Å². The lowest BCUT2D eigenvalue weighted by Crippen LogP contribution is -2.52. The SMILES string of the molecule is Cl.NCC1(NC(=O)Cc2ccc3c(c2)CCCC3)CCCC1. The lowest BCUT2D eigenvalue weighted by Gasteiger charge is -2.28. The number of rotatable bonds is 4. The number of carbonyl (C=O) groups is 1. The van der Waals surface area contributed by atoms with Crippen LogP contribution in [-0.4, -0.2) is 18.0 Å². The van der Waals surface area contributed by atoms with Crippen LogP contribution in [0.3, 0.4) is 0 Å². The zero-order chi connectivity index (χ0) is 14.7. The van der Waals surface area contributed by atoms with Crippen LogP contribution in [0.2, 0.25) is 0 Å². The number of benzene rings is 1. The maximum absolute atomic E-state index is 12.3. The van der Waals surface area contributed by atoms with Gasteiger partial charge in [-0.1, -0.05) is 31.0 Å². The van der Waals surface area contributed by atoms with Crippen LogP contribution in [0, 0.1) is 0 Å². The van der Waals surface area contributed by atoms with Gasteiger partial charge in [-0.2, -0.15) is 0 Å². The fourth-order valence-corrected chi connectivity index (χ4v) is 3.85. The Hall–Kier alpha value is -1.06. The number of nitrogens with one attached hydrogen (secondary N) is 1. The Labute approximate surface area is 139 Å². The van der Waals surface area contributed by atoms with E-state index in [-0.39, 0.29) is 23.9 Å². The zero-order valence-corrected chi connectivity index (χ0v) is 14.0. The van der Waals surface area contributed by atoms with Gasteiger partial charge in [-0.25, -0.2) is 0 Å². The van der Waals surface area contributed by atoms with E-state index in [0.29, 0.717) is 13.0 Å². The van der Waals surface area contributed by atoms with Gasteiger partial charge in [0.05, 0.1) is 12.0 Å². The van der Waals surface area contributed by atoms with E-state index in [9.17, 15) is 4.79 Å². The number of fused-ring (bicyclic) bond motifs is 1. The van der Waals surface area contributed by atoms with Crippen molar-refractivity contribution in [2.75, 3.05) is 6.54 Å². The maximum Gasteiger partial charge on any atom is 0.224 e. The highest BCUT2D eigenvalue weighted by Crippen LogP contribution is 2.29. The van der Waals surface area contributed by atoms with Crippen LogP contribution >= 0.6 is 12.4 Å². The minimum absolute atomic E-state index is 0. The van der Waals surface area contributed by atoms with Gasteiger partial charge >= 0.3 is 0 Å². The van der Waals surface area contributed by atoms with Crippen LogP contribution in [0.25, 0.3) is 0 Å². The molecule has 3 nitrogen and oxygen atoms in total. The maximum atomic E-state index is 12.3. The Morgan fingerprint density at radius 3 is 2.45 bits per heavy atom. The molecule has 1 aromatic rings. The summed E-state index contributed by atoms with van der Waals surface area (Å²) >= 11 is 0. The molecule has 22 heavy (non-hydrogen) atoms. The smallest absolute Gasteiger partial charge is 0.224 e. The number of carbonyl (C=O) groups excluding carboxylic acids is 1. The topological polar surface area (TPSA) is 55.1 Å². The molecule has 0 aromatic heterocycles. The molecule has 0 unspecified atom stereocenters. The number of aryl methyl sites for hydroxylation is 2. The Kier molecular flexibility index (Phi) is 5.87. The van der Waals surface area contributed by atoms with Crippen molar-refractivity contribution in [3.63, 3.8) is 0 Å². The Bertz CT molecular complexity index is 524. The highest BCUT2D eigenvalue weighted by molar-refractivity contribution is 5.85. The van der Waals surface area contributed by atoms with Gasteiger partial charge in [-0.3, -0.25) is 4.79 Å². The summed E-state index contributed by atoms with van der Waals surface area (Å²) in [5, 5.41) is 3.21. The summed E-state index contributed by atoms with van der Waals surface area (Å²) in [6.45, 7) is 0.558. The number of amides is 1. The van der Waals surface area contributed by atoms with E-state index in [1.54, 1.807) is 0 Å². The quantitative estimate of drug-likeness (QED) is 0.895. The van der Waals surface area contributed by atoms with Gasteiger partial charge in [0.25, 0.3) is 0 Å². The molecule has 4 heteroatoms. The third-order valence-corrected chi connectivity index (χ3v) is 5.13. The number of halogens is 1. The molecule has 0 spiro atoms. The zero-order valence-electron chi connectivity index (χ0n) is 13.2. The van der Waals surface area contributed by atoms with E-state index in [1.165, 1.54) is 43.2 Å². The molecular formula is C18H27ClN2O. The minimum Gasteiger partial charge on any atom is -0.349 e. The van der Waals surface area contributed by atoms with Crippen LogP contribution < -0.4 is 11.1 Å². The molecule has 3 N–H and O–H groups in total. The van der Waals surface area contributed by atoms with Crippen LogP contribution in [0.15, 0.2) is 18.2 Å². The van der Waals surface area contributed by atoms with Gasteiger partial charge in [0, 0.05) is 6.54 Å². The lowest BCUT2D eigenvalue weighted by atomic mass is 9.90. The summed E-state index contributed by atoms with van der Waals surface area (Å²) in [5.41, 5.74) is 9.81. The number of nitrogens with two attached hydrogens (primary N) is 1. The molecule has 0 radical (unpaired) electrons. The fraction of sp³-hybridized carbons (Fsp3) is 0.611. The standard InChI is InChI=1S/C18H26N2O.ClH/c19-13-18(9-3-4-10-18)20-17(21)12-14-7-8-15-5-1-2-6-16(15)11-14;/h7-8,11H,1-6,9-10,12-13,19H2,(H,20,21);1H. The van der Waals surface area contributed by atoms with Crippen molar-refractivity contribution in [2.45, 2.75) is 63.3 Å². The minimum atomic E-state index is -0.134. The normalized spacial score (nSPS) is 19.1. The van der Waals surface area contributed by atoms with E-state index >= 15 is 0 Å². The second-order valence-corrected chi connectivity index (χ2v) is 6.73. The van der Waals surface area contributed by atoms with Crippen LogP contribution in [-0.2, 0) is 24.1 Å². The van der Waals surface area contributed by atoms with E-state index < -0.39 is 0 Å². The molecule has 3 rings (SSSR count). The fourth-order valence-electron chi connectivity index (χ4n) is 3.85. The Morgan fingerprint density at radius 2 is 1.77 bits per heavy atom. The molecule has 1 aromatic carbocycles. The highest BCUT2D eigenvalue weighted by Gasteiger charge is 2.33. The molecule has 2 aliphatic carbocycles. The average molecular weight is 323 g/mol. The first kappa shape index (κ1) is 17.3. The lowest BCUT2D eigenvalue weighted by molar-refractivity contribution is -0.122. The monoisotopic (exact) mass is 322 g/mol. The Balaban J connectivity index is 0.00000176. The molecule has 2 aliphatic rings. The summed E-state index contributed by atoms with van der Waals surface area (Å²) in [6.07, 6.45) is 9.82. The van der Waals surface area contributed by atoms with E-state index in [1.807, 2.05) is 0 Å². The molecule has 0 heterocycles. The molecule has 122 valence electrons. The predicted molar refractivity (Wildman–Crippen MR) is 92.4 cm³/mol. The largest absolute Gasteiger partial charge is 0.349 e. The summed E-state index contributed by atoms with van der Waals surface area (Å²) in [7, 11) is 0. The van der Waals surface area contributed by atoms with Crippen LogP contribution in [0.4, 0.5) is 0 Å². The first-order valence-corrected chi connectivity index (χ1v) is 8.33. The summed E-state index contributed by atoms with van der Waals surface area (Å²) in [4.78, 5) is 12.3. The number of hydrogen-bond acceptors (Lipinski definition) is 2. The predicted octanol–water partition coefficient (Wildman–Crippen LogP) is 2.92. The van der Waals surface area contributed by atoms with Gasteiger partial charge in [-0.05, 0) is 55.2 Å². The van der Waals surface area contributed by atoms with Crippen LogP contribution in [0.5, 0.6) is 0 Å². The second kappa shape index (κ2) is 7.47. The van der Waals surface area contributed by atoms with Crippen molar-refractivity contribution in [3.8, 4) is 0 Å². The number of hydrogen-bond donors (Lipinski definition) is 2. The van der Waals surface area contributed by atoms with Gasteiger partial charge in [0.2, 0.25) is 5.91 Å². The molecule has 0 bridgehead atoms. The highest BCUT2D eigenvalue weighted by atomic mass is 35.5. The van der Waals surface area contributed by atoms with Crippen molar-refractivity contribution in [3.05, 3.63) is 34.9 Å². The molecule has 1 fully saturated rings. The van der Waals surface area contributed by atoms with Crippen molar-refractivity contribution in [2.24, 2.45) is 5.73 Å². The molecule has 1 amide bonds. The molecule has 0 saturated heterocycles. The van der Waals surface area contributed by atoms with Gasteiger partial charge in [-0.15, -0.1) is 12.4 Å². The molecule has 0 aliphatic heterocycles. The third kappa shape index (κ3) is 3.82. The van der Waals surface area contributed by atoms with Crippen molar-refractivity contribution >= 4 is 18.3 Å². The molecular weight excluding hydrogens is 296 g/mol. The average Bonchev–Trinajstić information content (AvgIpc) is 2.96. The van der Waals surface area contributed by atoms with E-state index in [0.717, 1.165) is 24.8 Å². The molecule has 0 atom stereocenters. The van der Waals surface area contributed by atoms with Gasteiger partial charge < -0.3 is 11.1 Å². The van der Waals surface area contributed by atoms with Crippen molar-refractivity contribution in [1.82, 2.24) is 5.32 Å². The van der Waals surface area contributed by atoms with Crippen molar-refractivity contribution in [1.29, 1.82) is 0 Å². The van der Waals surface area contributed by atoms with E-state index in [2.05, 4.69) is 23.5 Å². The van der Waals surface area contributed by atoms with Gasteiger partial charge in [0.15, 0.2) is 0 Å². The third-order valence-electron chi connectivity index (χ3n) is 5.13. The second-order valence-electron chi connectivity index (χ2n) is 6.73. The van der Waals surface area contributed by atoms with Crippen molar-refractivity contribution < 1.29 is 4.79 Å². The van der Waals surface area contributed by atoms with Crippen LogP contribution in [0.1, 0.15) is 55.2 Å². The van der Waals surface area contributed by atoms with Gasteiger partial charge in [0.1, 0.15) is 0 Å².